The predicted octanol–water partition coefficient (Wildman–Crippen LogP) is 3.88. The number of hydrogen-bond acceptors (Lipinski definition) is 6. The maximum Gasteiger partial charge on any atom is 0.257 e. The number of amides is 2. The molecule has 0 radical (unpaired) electrons. The van der Waals surface area contributed by atoms with Gasteiger partial charge in [0.15, 0.2) is 0 Å². The molecule has 8 heteroatoms. The van der Waals surface area contributed by atoms with E-state index in [0.717, 1.165) is 44.4 Å². The van der Waals surface area contributed by atoms with Crippen molar-refractivity contribution in [2.75, 3.05) is 13.1 Å². The van der Waals surface area contributed by atoms with E-state index in [-0.39, 0.29) is 36.4 Å². The van der Waals surface area contributed by atoms with Gasteiger partial charge >= 0.3 is 0 Å². The molecule has 4 heterocycles. The molecule has 162 valence electrons. The predicted molar refractivity (Wildman–Crippen MR) is 125 cm³/mol. The Morgan fingerprint density at radius 2 is 2.00 bits per heavy atom. The van der Waals surface area contributed by atoms with Gasteiger partial charge in [0.1, 0.15) is 0 Å². The third-order valence-electron chi connectivity index (χ3n) is 6.48. The first-order valence-electron chi connectivity index (χ1n) is 10.8. The summed E-state index contributed by atoms with van der Waals surface area (Å²) < 4.78 is 0. The molecule has 2 aliphatic heterocycles. The number of allylic oxidation sites excluding steroid dienone is 1. The summed E-state index contributed by atoms with van der Waals surface area (Å²) in [6.45, 7) is 0.906. The van der Waals surface area contributed by atoms with Crippen molar-refractivity contribution >= 4 is 46.3 Å². The number of primary amides is 1. The fourth-order valence-electron chi connectivity index (χ4n) is 5.07. The number of nitrogens with two attached hydrogens (primary N) is 1. The summed E-state index contributed by atoms with van der Waals surface area (Å²) in [5.74, 6) is -0.181. The molecule has 2 N–H and O–H groups in total. The van der Waals surface area contributed by atoms with Crippen LogP contribution in [0.5, 0.6) is 0 Å². The van der Waals surface area contributed by atoms with Gasteiger partial charge in [-0.2, -0.15) is 5.10 Å². The van der Waals surface area contributed by atoms with Gasteiger partial charge in [-0.05, 0) is 73.2 Å². The normalized spacial score (nSPS) is 27.5. The molecule has 3 unspecified atom stereocenters. The van der Waals surface area contributed by atoms with Crippen LogP contribution in [-0.4, -0.2) is 46.6 Å². The van der Waals surface area contributed by atoms with Crippen LogP contribution >= 0.6 is 22.7 Å². The standard InChI is InChI=1S/C23H26N4O2S2/c24-23(29)18-8-2-10-26(18)14-20(28)27-22(19-9-4-12-31-19)17-7-1-5-15(21(17)25-27)13-16-6-3-11-30-16/h3-4,6,9,11-13,17-18,22H,1-2,5,7-8,10,14H2,(H2,24,29). The lowest BCUT2D eigenvalue weighted by molar-refractivity contribution is -0.135. The largest absolute Gasteiger partial charge is 0.368 e. The average molecular weight is 455 g/mol. The minimum absolute atomic E-state index is 0.0519. The van der Waals surface area contributed by atoms with Gasteiger partial charge in [0.05, 0.1) is 24.3 Å². The first-order valence-corrected chi connectivity index (χ1v) is 12.6. The summed E-state index contributed by atoms with van der Waals surface area (Å²) in [5.41, 5.74) is 7.86. The van der Waals surface area contributed by atoms with Gasteiger partial charge in [0.25, 0.3) is 5.91 Å². The van der Waals surface area contributed by atoms with E-state index >= 15 is 0 Å². The highest BCUT2D eigenvalue weighted by atomic mass is 32.1. The Kier molecular flexibility index (Phi) is 5.77. The maximum atomic E-state index is 13.5. The van der Waals surface area contributed by atoms with Crippen LogP contribution in [0.3, 0.4) is 0 Å². The molecule has 1 saturated heterocycles. The van der Waals surface area contributed by atoms with Crippen molar-refractivity contribution in [2.24, 2.45) is 16.8 Å². The third kappa shape index (κ3) is 4.00. The Morgan fingerprint density at radius 3 is 2.74 bits per heavy atom. The van der Waals surface area contributed by atoms with Gasteiger partial charge in [-0.25, -0.2) is 5.01 Å². The molecule has 1 saturated carbocycles. The van der Waals surface area contributed by atoms with Crippen molar-refractivity contribution in [3.8, 4) is 0 Å². The average Bonchev–Trinajstić information content (AvgIpc) is 3.53. The number of thiophene rings is 2. The molecule has 3 atom stereocenters. The Labute approximate surface area is 190 Å². The number of rotatable bonds is 5. The van der Waals surface area contributed by atoms with Crippen LogP contribution in [0.4, 0.5) is 0 Å². The maximum absolute atomic E-state index is 13.5. The van der Waals surface area contributed by atoms with Gasteiger partial charge < -0.3 is 5.73 Å². The minimum Gasteiger partial charge on any atom is -0.368 e. The van der Waals surface area contributed by atoms with Crippen molar-refractivity contribution in [1.29, 1.82) is 0 Å². The number of likely N-dealkylation sites (tertiary alicyclic amines) is 1. The number of hydrogen-bond donors (Lipinski definition) is 1. The zero-order chi connectivity index (χ0) is 21.4. The number of fused-ring (bicyclic) bond motifs is 1. The fourth-order valence-corrected chi connectivity index (χ4v) is 6.63. The van der Waals surface area contributed by atoms with Crippen molar-refractivity contribution < 1.29 is 9.59 Å². The van der Waals surface area contributed by atoms with Gasteiger partial charge in [-0.3, -0.25) is 14.5 Å². The monoisotopic (exact) mass is 454 g/mol. The van der Waals surface area contributed by atoms with E-state index in [9.17, 15) is 9.59 Å². The number of hydrazone groups is 1. The molecule has 1 aliphatic carbocycles. The lowest BCUT2D eigenvalue weighted by Crippen LogP contribution is -2.45. The Hall–Kier alpha value is -2.29. The summed E-state index contributed by atoms with van der Waals surface area (Å²) in [6.07, 6.45) is 6.96. The van der Waals surface area contributed by atoms with Crippen molar-refractivity contribution in [3.05, 3.63) is 50.4 Å². The second-order valence-electron chi connectivity index (χ2n) is 8.40. The summed E-state index contributed by atoms with van der Waals surface area (Å²) in [7, 11) is 0. The SMILES string of the molecule is NC(=O)C1CCCN1CC(=O)N1N=C2C(=Cc3cccs3)CCCC2C1c1cccs1. The molecule has 2 fully saturated rings. The lowest BCUT2D eigenvalue weighted by atomic mass is 9.79. The molecule has 2 aromatic heterocycles. The zero-order valence-corrected chi connectivity index (χ0v) is 18.9. The zero-order valence-electron chi connectivity index (χ0n) is 17.3. The molecule has 5 rings (SSSR count). The second-order valence-corrected chi connectivity index (χ2v) is 10.4. The van der Waals surface area contributed by atoms with E-state index in [1.807, 2.05) is 11.0 Å². The first-order chi connectivity index (χ1) is 15.1. The highest BCUT2D eigenvalue weighted by Crippen LogP contribution is 2.45. The van der Waals surface area contributed by atoms with E-state index in [1.54, 1.807) is 27.7 Å². The van der Waals surface area contributed by atoms with E-state index in [4.69, 9.17) is 10.8 Å². The van der Waals surface area contributed by atoms with Gasteiger partial charge in [0, 0.05) is 15.7 Å². The second kappa shape index (κ2) is 8.68. The lowest BCUT2D eigenvalue weighted by Gasteiger charge is -2.30. The molecule has 2 amide bonds. The molecule has 0 spiro atoms. The Bertz CT molecular complexity index is 1010. The number of carbonyl (C=O) groups is 2. The minimum atomic E-state index is -0.351. The fraction of sp³-hybridized carbons (Fsp3) is 0.435. The van der Waals surface area contributed by atoms with E-state index < -0.39 is 0 Å². The van der Waals surface area contributed by atoms with Crippen LogP contribution in [0.1, 0.15) is 47.9 Å². The van der Waals surface area contributed by atoms with E-state index in [1.165, 1.54) is 15.3 Å². The van der Waals surface area contributed by atoms with Crippen LogP contribution in [0.15, 0.2) is 45.7 Å². The van der Waals surface area contributed by atoms with Gasteiger partial charge in [0.2, 0.25) is 5.91 Å². The topological polar surface area (TPSA) is 79.0 Å². The molecule has 2 aromatic rings. The molecular formula is C23H26N4O2S2. The Morgan fingerprint density at radius 1 is 1.16 bits per heavy atom. The molecule has 0 bridgehead atoms. The van der Waals surface area contributed by atoms with E-state index in [0.29, 0.717) is 0 Å². The summed E-state index contributed by atoms with van der Waals surface area (Å²) >= 11 is 3.40. The van der Waals surface area contributed by atoms with Gasteiger partial charge in [-0.15, -0.1) is 22.7 Å². The molecule has 31 heavy (non-hydrogen) atoms. The van der Waals surface area contributed by atoms with Crippen LogP contribution in [0, 0.1) is 5.92 Å². The van der Waals surface area contributed by atoms with Crippen LogP contribution in [0.25, 0.3) is 6.08 Å². The summed E-state index contributed by atoms with van der Waals surface area (Å²) in [4.78, 5) is 29.5. The summed E-state index contributed by atoms with van der Waals surface area (Å²) in [5, 5.41) is 10.8. The van der Waals surface area contributed by atoms with E-state index in [2.05, 4.69) is 35.0 Å². The van der Waals surface area contributed by atoms with Gasteiger partial charge in [-0.1, -0.05) is 12.1 Å². The van der Waals surface area contributed by atoms with Crippen LogP contribution in [0.2, 0.25) is 0 Å². The van der Waals surface area contributed by atoms with Crippen molar-refractivity contribution in [2.45, 2.75) is 44.2 Å². The first kappa shape index (κ1) is 20.6. The Balaban J connectivity index is 1.46. The van der Waals surface area contributed by atoms with Crippen LogP contribution < -0.4 is 5.73 Å². The third-order valence-corrected chi connectivity index (χ3v) is 8.24. The van der Waals surface area contributed by atoms with Crippen molar-refractivity contribution in [1.82, 2.24) is 9.91 Å². The quantitative estimate of drug-likeness (QED) is 0.745. The molecule has 3 aliphatic rings. The smallest absolute Gasteiger partial charge is 0.257 e. The van der Waals surface area contributed by atoms with Crippen LogP contribution in [-0.2, 0) is 9.59 Å². The molecule has 6 nitrogen and oxygen atoms in total. The highest BCUT2D eigenvalue weighted by molar-refractivity contribution is 7.11. The molecule has 0 aromatic carbocycles. The van der Waals surface area contributed by atoms with Crippen molar-refractivity contribution in [3.63, 3.8) is 0 Å². The number of nitrogens with zero attached hydrogens (tertiary/aromatic N) is 3. The number of carbonyl (C=O) groups excluding carboxylic acids is 2. The summed E-state index contributed by atoms with van der Waals surface area (Å²) in [6, 6.07) is 7.90. The highest BCUT2D eigenvalue weighted by Gasteiger charge is 2.45. The molecular weight excluding hydrogens is 428 g/mol.